The van der Waals surface area contributed by atoms with E-state index in [1.807, 2.05) is 0 Å². The largest absolute Gasteiger partial charge is 0.395 e. The molecule has 1 aliphatic carbocycles. The van der Waals surface area contributed by atoms with E-state index in [-0.39, 0.29) is 18.8 Å². The Hall–Kier alpha value is -0.160. The molecule has 0 unspecified atom stereocenters. The van der Waals surface area contributed by atoms with Gasteiger partial charge in [-0.05, 0) is 19.3 Å². The van der Waals surface area contributed by atoms with Crippen LogP contribution in [-0.4, -0.2) is 59.5 Å². The minimum atomic E-state index is -0.179. The van der Waals surface area contributed by atoms with Crippen molar-refractivity contribution in [3.05, 3.63) is 0 Å². The summed E-state index contributed by atoms with van der Waals surface area (Å²) in [6, 6.07) is 0.814. The van der Waals surface area contributed by atoms with Crippen LogP contribution >= 0.6 is 0 Å². The fourth-order valence-electron chi connectivity index (χ4n) is 2.55. The molecule has 0 spiro atoms. The third-order valence-corrected chi connectivity index (χ3v) is 3.46. The molecule has 2 atom stereocenters. The zero-order chi connectivity index (χ0) is 9.97. The molecular formula is C10H20N2O2. The van der Waals surface area contributed by atoms with Gasteiger partial charge in [0.1, 0.15) is 0 Å². The summed E-state index contributed by atoms with van der Waals surface area (Å²) in [6.07, 6.45) is 2.94. The molecule has 1 aliphatic heterocycles. The number of hydrogen-bond donors (Lipinski definition) is 3. The zero-order valence-corrected chi connectivity index (χ0v) is 8.52. The van der Waals surface area contributed by atoms with E-state index in [1.54, 1.807) is 0 Å². The van der Waals surface area contributed by atoms with E-state index in [2.05, 4.69) is 10.2 Å². The zero-order valence-electron chi connectivity index (χ0n) is 8.52. The average Bonchev–Trinajstić information content (AvgIpc) is 2.47. The van der Waals surface area contributed by atoms with E-state index in [0.717, 1.165) is 32.4 Å². The van der Waals surface area contributed by atoms with E-state index in [9.17, 15) is 5.11 Å². The van der Waals surface area contributed by atoms with Gasteiger partial charge in [-0.25, -0.2) is 0 Å². The molecule has 0 amide bonds. The van der Waals surface area contributed by atoms with Gasteiger partial charge >= 0.3 is 0 Å². The third kappa shape index (κ3) is 1.93. The minimum absolute atomic E-state index is 0.179. The predicted molar refractivity (Wildman–Crippen MR) is 54.1 cm³/mol. The molecule has 0 aromatic carbocycles. The number of rotatable bonds is 4. The van der Waals surface area contributed by atoms with Gasteiger partial charge in [-0.2, -0.15) is 0 Å². The standard InChI is InChI=1S/C10H20N2O2/c13-5-4-12(8-6-11-7-8)9-2-1-3-10(9)14/h8-11,13-14H,1-7H2/t9-,10-/m1/s1. The van der Waals surface area contributed by atoms with Crippen LogP contribution in [0.1, 0.15) is 19.3 Å². The van der Waals surface area contributed by atoms with E-state index >= 15 is 0 Å². The van der Waals surface area contributed by atoms with Gasteiger partial charge in [0.2, 0.25) is 0 Å². The number of hydrogen-bond acceptors (Lipinski definition) is 4. The van der Waals surface area contributed by atoms with Crippen LogP contribution in [0.25, 0.3) is 0 Å². The van der Waals surface area contributed by atoms with Crippen LogP contribution in [0.5, 0.6) is 0 Å². The van der Waals surface area contributed by atoms with Crippen molar-refractivity contribution in [3.8, 4) is 0 Å². The number of nitrogens with zero attached hydrogens (tertiary/aromatic N) is 1. The highest BCUT2D eigenvalue weighted by Gasteiger charge is 2.36. The van der Waals surface area contributed by atoms with Crippen LogP contribution in [0, 0.1) is 0 Å². The molecule has 0 aromatic rings. The van der Waals surface area contributed by atoms with Gasteiger partial charge in [0.15, 0.2) is 0 Å². The lowest BCUT2D eigenvalue weighted by molar-refractivity contribution is 0.0160. The van der Waals surface area contributed by atoms with Crippen molar-refractivity contribution in [1.29, 1.82) is 0 Å². The van der Waals surface area contributed by atoms with Gasteiger partial charge in [0.05, 0.1) is 12.7 Å². The first-order chi connectivity index (χ1) is 6.83. The maximum atomic E-state index is 9.81. The van der Waals surface area contributed by atoms with E-state index in [1.165, 1.54) is 0 Å². The van der Waals surface area contributed by atoms with E-state index in [4.69, 9.17) is 5.11 Å². The highest BCUT2D eigenvalue weighted by atomic mass is 16.3. The van der Waals surface area contributed by atoms with E-state index < -0.39 is 0 Å². The van der Waals surface area contributed by atoms with Crippen LogP contribution in [0.3, 0.4) is 0 Å². The Morgan fingerprint density at radius 3 is 2.50 bits per heavy atom. The van der Waals surface area contributed by atoms with Crippen molar-refractivity contribution in [2.75, 3.05) is 26.2 Å². The van der Waals surface area contributed by atoms with Gasteiger partial charge in [-0.3, -0.25) is 4.90 Å². The highest BCUT2D eigenvalue weighted by Crippen LogP contribution is 2.26. The molecular weight excluding hydrogens is 180 g/mol. The van der Waals surface area contributed by atoms with Crippen LogP contribution in [0.2, 0.25) is 0 Å². The lowest BCUT2D eigenvalue weighted by Gasteiger charge is -2.42. The predicted octanol–water partition coefficient (Wildman–Crippen LogP) is -0.834. The maximum Gasteiger partial charge on any atom is 0.0695 e. The lowest BCUT2D eigenvalue weighted by Crippen LogP contribution is -2.61. The molecule has 3 N–H and O–H groups in total. The quantitative estimate of drug-likeness (QED) is 0.554. The summed E-state index contributed by atoms with van der Waals surface area (Å²) >= 11 is 0. The Labute approximate surface area is 84.9 Å². The first-order valence-corrected chi connectivity index (χ1v) is 5.58. The molecule has 82 valence electrons. The molecule has 4 heteroatoms. The summed E-state index contributed by atoms with van der Waals surface area (Å²) in [5.74, 6) is 0. The van der Waals surface area contributed by atoms with Crippen molar-refractivity contribution < 1.29 is 10.2 Å². The van der Waals surface area contributed by atoms with Crippen LogP contribution in [0.15, 0.2) is 0 Å². The van der Waals surface area contributed by atoms with Crippen molar-refractivity contribution >= 4 is 0 Å². The maximum absolute atomic E-state index is 9.81. The summed E-state index contributed by atoms with van der Waals surface area (Å²) < 4.78 is 0. The van der Waals surface area contributed by atoms with E-state index in [0.29, 0.717) is 12.6 Å². The summed E-state index contributed by atoms with van der Waals surface area (Å²) in [6.45, 7) is 2.90. The Morgan fingerprint density at radius 1 is 1.29 bits per heavy atom. The minimum Gasteiger partial charge on any atom is -0.395 e. The first-order valence-electron chi connectivity index (χ1n) is 5.58. The Kier molecular flexibility index (Phi) is 3.38. The summed E-state index contributed by atoms with van der Waals surface area (Å²) in [5, 5.41) is 22.1. The van der Waals surface area contributed by atoms with Crippen molar-refractivity contribution in [2.24, 2.45) is 0 Å². The molecule has 1 saturated carbocycles. The second kappa shape index (κ2) is 4.57. The van der Waals surface area contributed by atoms with Gasteiger partial charge < -0.3 is 15.5 Å². The summed E-state index contributed by atoms with van der Waals surface area (Å²) in [5.41, 5.74) is 0. The van der Waals surface area contributed by atoms with Crippen molar-refractivity contribution in [2.45, 2.75) is 37.5 Å². The van der Waals surface area contributed by atoms with Crippen LogP contribution < -0.4 is 5.32 Å². The molecule has 2 fully saturated rings. The average molecular weight is 200 g/mol. The van der Waals surface area contributed by atoms with Crippen molar-refractivity contribution in [3.63, 3.8) is 0 Å². The van der Waals surface area contributed by atoms with Crippen molar-refractivity contribution in [1.82, 2.24) is 10.2 Å². The molecule has 14 heavy (non-hydrogen) atoms. The Morgan fingerprint density at radius 2 is 2.07 bits per heavy atom. The molecule has 0 aromatic heterocycles. The normalized spacial score (nSPS) is 33.6. The molecule has 1 saturated heterocycles. The Bertz CT molecular complexity index is 185. The van der Waals surface area contributed by atoms with Crippen LogP contribution in [-0.2, 0) is 0 Å². The first kappa shape index (κ1) is 10.4. The summed E-state index contributed by atoms with van der Waals surface area (Å²) in [7, 11) is 0. The fraction of sp³-hybridized carbons (Fsp3) is 1.00. The number of aliphatic hydroxyl groups is 2. The third-order valence-electron chi connectivity index (χ3n) is 3.46. The Balaban J connectivity index is 1.93. The molecule has 2 aliphatic rings. The molecule has 4 nitrogen and oxygen atoms in total. The smallest absolute Gasteiger partial charge is 0.0695 e. The van der Waals surface area contributed by atoms with Gasteiger partial charge in [0.25, 0.3) is 0 Å². The van der Waals surface area contributed by atoms with Crippen LogP contribution in [0.4, 0.5) is 0 Å². The second-order valence-electron chi connectivity index (χ2n) is 4.34. The SMILES string of the molecule is OCCN(C1CNC1)[C@@H]1CCC[C@H]1O. The lowest BCUT2D eigenvalue weighted by atomic mass is 10.1. The highest BCUT2D eigenvalue weighted by molar-refractivity contribution is 4.93. The fourth-order valence-corrected chi connectivity index (χ4v) is 2.55. The van der Waals surface area contributed by atoms with Gasteiger partial charge in [-0.1, -0.05) is 0 Å². The molecule has 2 rings (SSSR count). The van der Waals surface area contributed by atoms with Gasteiger partial charge in [-0.15, -0.1) is 0 Å². The molecule has 1 heterocycles. The monoisotopic (exact) mass is 200 g/mol. The van der Waals surface area contributed by atoms with Gasteiger partial charge in [0, 0.05) is 31.7 Å². The second-order valence-corrected chi connectivity index (χ2v) is 4.34. The topological polar surface area (TPSA) is 55.7 Å². The summed E-state index contributed by atoms with van der Waals surface area (Å²) in [4.78, 5) is 2.29. The number of aliphatic hydroxyl groups excluding tert-OH is 2. The molecule has 0 bridgehead atoms. The molecule has 0 radical (unpaired) electrons. The number of nitrogens with one attached hydrogen (secondary N) is 1.